The van der Waals surface area contributed by atoms with Gasteiger partial charge in [0, 0.05) is 30.4 Å². The van der Waals surface area contributed by atoms with Gasteiger partial charge < -0.3 is 10.1 Å². The van der Waals surface area contributed by atoms with Gasteiger partial charge in [-0.2, -0.15) is 0 Å². The maximum atomic E-state index is 10.8. The van der Waals surface area contributed by atoms with Crippen LogP contribution in [0.15, 0.2) is 18.2 Å². The lowest BCUT2D eigenvalue weighted by atomic mass is 10.1. The van der Waals surface area contributed by atoms with Crippen molar-refractivity contribution in [3.8, 4) is 0 Å². The third-order valence-electron chi connectivity index (χ3n) is 2.90. The molecule has 1 aromatic carbocycles. The molecule has 1 atom stereocenters. The van der Waals surface area contributed by atoms with Crippen molar-refractivity contribution in [2.24, 2.45) is 5.92 Å². The van der Waals surface area contributed by atoms with Crippen LogP contribution in [0.3, 0.4) is 0 Å². The second kappa shape index (κ2) is 7.09. The number of ether oxygens (including phenoxy) is 1. The highest BCUT2D eigenvalue weighted by Crippen LogP contribution is 2.23. The number of benzene rings is 1. The summed E-state index contributed by atoms with van der Waals surface area (Å²) < 4.78 is 5.75. The average molecular weight is 266 g/mol. The van der Waals surface area contributed by atoms with Crippen LogP contribution in [0.2, 0.25) is 0 Å². The third kappa shape index (κ3) is 4.87. The number of nitrogens with zero attached hydrogens (tertiary/aromatic N) is 1. The standard InChI is InChI=1S/C14H22N2O3/c1-10(2)7-11(3)19-9-12-8-13(16(17)18)5-6-14(12)15-4/h5-6,8,10-11,15H,7,9H2,1-4H3. The first-order valence-electron chi connectivity index (χ1n) is 6.50. The fraction of sp³-hybridized carbons (Fsp3) is 0.571. The summed E-state index contributed by atoms with van der Waals surface area (Å²) in [5.74, 6) is 0.573. The second-order valence-electron chi connectivity index (χ2n) is 5.10. The Hall–Kier alpha value is -1.62. The summed E-state index contributed by atoms with van der Waals surface area (Å²) in [4.78, 5) is 10.4. The Labute approximate surface area is 114 Å². The highest BCUT2D eigenvalue weighted by atomic mass is 16.6. The number of hydrogen-bond donors (Lipinski definition) is 1. The molecule has 0 aliphatic heterocycles. The van der Waals surface area contributed by atoms with Crippen molar-refractivity contribution in [2.75, 3.05) is 12.4 Å². The molecule has 0 saturated heterocycles. The van der Waals surface area contributed by atoms with E-state index in [2.05, 4.69) is 19.2 Å². The zero-order valence-electron chi connectivity index (χ0n) is 12.0. The van der Waals surface area contributed by atoms with Crippen LogP contribution in [0.5, 0.6) is 0 Å². The molecular formula is C14H22N2O3. The molecule has 0 spiro atoms. The van der Waals surface area contributed by atoms with Crippen LogP contribution in [0.4, 0.5) is 11.4 Å². The molecule has 1 unspecified atom stereocenters. The minimum absolute atomic E-state index is 0.0918. The number of nitro benzene ring substituents is 1. The molecule has 1 rings (SSSR count). The molecule has 0 aliphatic carbocycles. The number of nitro groups is 1. The van der Waals surface area contributed by atoms with Crippen LogP contribution in [0.1, 0.15) is 32.8 Å². The predicted octanol–water partition coefficient (Wildman–Crippen LogP) is 3.59. The Balaban J connectivity index is 2.75. The Morgan fingerprint density at radius 3 is 2.58 bits per heavy atom. The zero-order chi connectivity index (χ0) is 14.4. The smallest absolute Gasteiger partial charge is 0.269 e. The highest BCUT2D eigenvalue weighted by Gasteiger charge is 2.12. The van der Waals surface area contributed by atoms with Gasteiger partial charge in [-0.1, -0.05) is 13.8 Å². The summed E-state index contributed by atoms with van der Waals surface area (Å²) in [6, 6.07) is 4.77. The van der Waals surface area contributed by atoms with Gasteiger partial charge in [-0.25, -0.2) is 0 Å². The molecule has 0 aliphatic rings. The maximum Gasteiger partial charge on any atom is 0.269 e. The molecule has 5 nitrogen and oxygen atoms in total. The lowest BCUT2D eigenvalue weighted by Crippen LogP contribution is -2.12. The van der Waals surface area contributed by atoms with E-state index in [-0.39, 0.29) is 16.7 Å². The molecule has 0 radical (unpaired) electrons. The molecule has 1 aromatic rings. The first kappa shape index (κ1) is 15.4. The Kier molecular flexibility index (Phi) is 5.76. The van der Waals surface area contributed by atoms with Gasteiger partial charge in [0.15, 0.2) is 0 Å². The van der Waals surface area contributed by atoms with Crippen molar-refractivity contribution in [3.63, 3.8) is 0 Å². The number of anilines is 1. The first-order chi connectivity index (χ1) is 8.93. The molecule has 0 saturated carbocycles. The molecule has 0 bridgehead atoms. The van der Waals surface area contributed by atoms with Crippen molar-refractivity contribution < 1.29 is 9.66 Å². The van der Waals surface area contributed by atoms with Crippen LogP contribution >= 0.6 is 0 Å². The largest absolute Gasteiger partial charge is 0.388 e. The topological polar surface area (TPSA) is 64.4 Å². The Bertz CT molecular complexity index is 433. The van der Waals surface area contributed by atoms with E-state index in [1.807, 2.05) is 6.92 Å². The lowest BCUT2D eigenvalue weighted by Gasteiger charge is -2.16. The summed E-state index contributed by atoms with van der Waals surface area (Å²) >= 11 is 0. The average Bonchev–Trinajstić information content (AvgIpc) is 2.35. The van der Waals surface area contributed by atoms with E-state index in [9.17, 15) is 10.1 Å². The molecule has 1 N–H and O–H groups in total. The summed E-state index contributed by atoms with van der Waals surface area (Å²) in [6.07, 6.45) is 1.12. The van der Waals surface area contributed by atoms with Gasteiger partial charge in [0.05, 0.1) is 17.6 Å². The quantitative estimate of drug-likeness (QED) is 0.605. The fourth-order valence-corrected chi connectivity index (χ4v) is 2.02. The van der Waals surface area contributed by atoms with Crippen LogP contribution < -0.4 is 5.32 Å². The molecule has 0 amide bonds. The van der Waals surface area contributed by atoms with E-state index in [0.29, 0.717) is 12.5 Å². The fourth-order valence-electron chi connectivity index (χ4n) is 2.02. The Morgan fingerprint density at radius 1 is 1.37 bits per heavy atom. The predicted molar refractivity (Wildman–Crippen MR) is 76.3 cm³/mol. The van der Waals surface area contributed by atoms with Gasteiger partial charge in [-0.3, -0.25) is 10.1 Å². The van der Waals surface area contributed by atoms with E-state index < -0.39 is 0 Å². The van der Waals surface area contributed by atoms with Crippen LogP contribution in [0, 0.1) is 16.0 Å². The van der Waals surface area contributed by atoms with E-state index in [0.717, 1.165) is 17.7 Å². The van der Waals surface area contributed by atoms with Crippen molar-refractivity contribution in [2.45, 2.75) is 39.9 Å². The van der Waals surface area contributed by atoms with Crippen LogP contribution in [-0.2, 0) is 11.3 Å². The van der Waals surface area contributed by atoms with E-state index in [1.54, 1.807) is 19.2 Å². The van der Waals surface area contributed by atoms with Gasteiger partial charge in [-0.15, -0.1) is 0 Å². The van der Waals surface area contributed by atoms with E-state index >= 15 is 0 Å². The second-order valence-corrected chi connectivity index (χ2v) is 5.10. The summed E-state index contributed by atoms with van der Waals surface area (Å²) in [5.41, 5.74) is 1.77. The summed E-state index contributed by atoms with van der Waals surface area (Å²) in [6.45, 7) is 6.70. The van der Waals surface area contributed by atoms with Gasteiger partial charge in [0.1, 0.15) is 0 Å². The summed E-state index contributed by atoms with van der Waals surface area (Å²) in [7, 11) is 1.79. The normalized spacial score (nSPS) is 12.5. The maximum absolute atomic E-state index is 10.8. The monoisotopic (exact) mass is 266 g/mol. The highest BCUT2D eigenvalue weighted by molar-refractivity contribution is 5.55. The minimum atomic E-state index is -0.388. The number of rotatable bonds is 7. The third-order valence-corrected chi connectivity index (χ3v) is 2.90. The number of nitrogens with one attached hydrogen (secondary N) is 1. The molecular weight excluding hydrogens is 244 g/mol. The molecule has 106 valence electrons. The van der Waals surface area contributed by atoms with Gasteiger partial charge in [-0.05, 0) is 25.3 Å². The molecule has 19 heavy (non-hydrogen) atoms. The molecule has 0 aromatic heterocycles. The Morgan fingerprint density at radius 2 is 2.05 bits per heavy atom. The van der Waals surface area contributed by atoms with Crippen molar-refractivity contribution in [1.29, 1.82) is 0 Å². The SMILES string of the molecule is CNc1ccc([N+](=O)[O-])cc1COC(C)CC(C)C. The zero-order valence-corrected chi connectivity index (χ0v) is 12.0. The number of non-ortho nitro benzene ring substituents is 1. The lowest BCUT2D eigenvalue weighted by molar-refractivity contribution is -0.384. The van der Waals surface area contributed by atoms with Crippen molar-refractivity contribution >= 4 is 11.4 Å². The molecule has 0 heterocycles. The molecule has 5 heteroatoms. The summed E-state index contributed by atoms with van der Waals surface area (Å²) in [5, 5.41) is 13.8. The van der Waals surface area contributed by atoms with E-state index in [4.69, 9.17) is 4.74 Å². The van der Waals surface area contributed by atoms with Crippen LogP contribution in [0.25, 0.3) is 0 Å². The van der Waals surface area contributed by atoms with Crippen molar-refractivity contribution in [1.82, 2.24) is 0 Å². The van der Waals surface area contributed by atoms with Crippen LogP contribution in [-0.4, -0.2) is 18.1 Å². The molecule has 0 fully saturated rings. The number of hydrogen-bond acceptors (Lipinski definition) is 4. The van der Waals surface area contributed by atoms with Gasteiger partial charge in [0.25, 0.3) is 5.69 Å². The van der Waals surface area contributed by atoms with Crippen molar-refractivity contribution in [3.05, 3.63) is 33.9 Å². The van der Waals surface area contributed by atoms with Gasteiger partial charge in [0.2, 0.25) is 0 Å². The van der Waals surface area contributed by atoms with E-state index in [1.165, 1.54) is 6.07 Å². The van der Waals surface area contributed by atoms with Gasteiger partial charge >= 0.3 is 0 Å². The first-order valence-corrected chi connectivity index (χ1v) is 6.50. The minimum Gasteiger partial charge on any atom is -0.388 e.